The van der Waals surface area contributed by atoms with E-state index in [0.29, 0.717) is 0 Å². The molecule has 0 fully saturated rings. The van der Waals surface area contributed by atoms with Gasteiger partial charge in [0.15, 0.2) is 0 Å². The van der Waals surface area contributed by atoms with Crippen LogP contribution < -0.4 is 206 Å². The van der Waals surface area contributed by atoms with Crippen LogP contribution in [-0.4, -0.2) is 21.9 Å². The van der Waals surface area contributed by atoms with Crippen LogP contribution in [-0.2, 0) is 140 Å². The van der Waals surface area contributed by atoms with E-state index in [1.165, 1.54) is 0 Å². The minimum atomic E-state index is 0. The van der Waals surface area contributed by atoms with Crippen molar-refractivity contribution in [2.24, 2.45) is 0 Å². The maximum atomic E-state index is 7.50. The summed E-state index contributed by atoms with van der Waals surface area (Å²) in [7, 11) is 0. The van der Waals surface area contributed by atoms with Gasteiger partial charge in [-0.15, -0.1) is 0 Å². The van der Waals surface area contributed by atoms with Crippen molar-refractivity contribution in [1.82, 2.24) is 0 Å². The number of hydrogen-bond donors (Lipinski definition) is 0. The van der Waals surface area contributed by atoms with Gasteiger partial charge < -0.3 is 21.9 Å². The van der Waals surface area contributed by atoms with Gasteiger partial charge >= 0.3 is 341 Å². The van der Waals surface area contributed by atoms with E-state index in [1.54, 1.807) is 0 Å². The molecule has 0 saturated heterocycles. The summed E-state index contributed by atoms with van der Waals surface area (Å²) in [4.78, 5) is 0. The Kier molecular flexibility index (Phi) is 11000. The van der Waals surface area contributed by atoms with Crippen LogP contribution >= 0.6 is 0 Å². The van der Waals surface area contributed by atoms with Crippen LogP contribution in [0.25, 0.3) is 0 Å². The molecule has 0 aromatic rings. The van der Waals surface area contributed by atoms with Crippen LogP contribution in [0.4, 0.5) is 0 Å². The third-order valence-electron chi connectivity index (χ3n) is 0. The van der Waals surface area contributed by atoms with Crippen LogP contribution in [0.2, 0.25) is 0 Å². The molecule has 24 heteroatoms. The SMILES string of the molecule is [C-]#[O+].[C-]#[O+].[C-]#[O+].[C-]#[O+].[C-]#[O+].[C-]#[O+].[C-]#[O+].[C-]#[O+].[C-]#[O+].[C-]#[O+].[C-]#[O+].[C-]#[O+].[K+].[K+].[K+].[K+].[Mo].[Mo].[Mo].[Mo].[OH-].[OH-].[OH-].[OH-]. The summed E-state index contributed by atoms with van der Waals surface area (Å²) in [6, 6.07) is 0. The van der Waals surface area contributed by atoms with E-state index in [-0.39, 0.29) is 312 Å². The minimum absolute atomic E-state index is 0. The predicted octanol–water partition coefficient (Wildman–Crippen LogP) is -13.2. The largest absolute Gasteiger partial charge is 1.00 e. The van der Waals surface area contributed by atoms with Gasteiger partial charge in [-0.05, 0) is 0 Å². The standard InChI is InChI=1S/12CO.4K.4Mo.4H2O/c12*1-2;;;;;;;;;;;;/h;;;;;;;;;;;;;;;;;;;;4*1H2/q;;;;;;;;;;;;4*+1;;;;;;;;/p-4. The molecule has 0 bridgehead atoms. The average molecular weight is 944 g/mol. The molecule has 0 saturated carbocycles. The van der Waals surface area contributed by atoms with Gasteiger partial charge in [0.25, 0.3) is 0 Å². The molecule has 16 nitrogen and oxygen atoms in total. The van der Waals surface area contributed by atoms with E-state index >= 15 is 0 Å². The molecule has 0 atom stereocenters. The van der Waals surface area contributed by atoms with Gasteiger partial charge in [0.1, 0.15) is 0 Å². The summed E-state index contributed by atoms with van der Waals surface area (Å²) in [5.41, 5.74) is 0. The van der Waals surface area contributed by atoms with Gasteiger partial charge in [-0.2, -0.15) is 0 Å². The van der Waals surface area contributed by atoms with Gasteiger partial charge in [0.2, 0.25) is 0 Å². The molecule has 0 aliphatic heterocycles. The molecular formula is C12H4K4Mo4O16. The first-order chi connectivity index (χ1) is 12.0. The maximum Gasteiger partial charge on any atom is 1.00 e. The fourth-order valence-electron chi connectivity index (χ4n) is 0. The van der Waals surface area contributed by atoms with Gasteiger partial charge in [-0.25, -0.2) is 0 Å². The fraction of sp³-hybridized carbons (Fsp3) is 0. The Bertz CT molecular complexity index is 249. The second-order valence-corrected chi connectivity index (χ2v) is 0. The van der Waals surface area contributed by atoms with Crippen LogP contribution in [0.3, 0.4) is 0 Å². The first-order valence-electron chi connectivity index (χ1n) is 2.45. The van der Waals surface area contributed by atoms with E-state index in [4.69, 9.17) is 55.8 Å². The Hall–Kier alpha value is 6.02. The van der Waals surface area contributed by atoms with Gasteiger partial charge in [0.05, 0.1) is 0 Å². The van der Waals surface area contributed by atoms with E-state index in [0.717, 1.165) is 0 Å². The van der Waals surface area contributed by atoms with Crippen LogP contribution in [0.15, 0.2) is 0 Å². The van der Waals surface area contributed by atoms with Crippen molar-refractivity contribution in [2.45, 2.75) is 0 Å². The van der Waals surface area contributed by atoms with E-state index in [1.807, 2.05) is 0 Å². The van der Waals surface area contributed by atoms with Crippen molar-refractivity contribution in [3.8, 4) is 0 Å². The Labute approximate surface area is 436 Å². The first kappa shape index (κ1) is 218. The molecule has 0 radical (unpaired) electrons. The van der Waals surface area contributed by atoms with Crippen molar-refractivity contribution in [2.75, 3.05) is 0 Å². The molecule has 0 unspecified atom stereocenters. The summed E-state index contributed by atoms with van der Waals surface area (Å²) in [5.74, 6) is 0. The summed E-state index contributed by atoms with van der Waals surface area (Å²) in [6.45, 7) is 54.0. The summed E-state index contributed by atoms with van der Waals surface area (Å²) >= 11 is 0. The minimum Gasteiger partial charge on any atom is -0.870 e. The number of rotatable bonds is 0. The van der Waals surface area contributed by atoms with Crippen LogP contribution in [0, 0.1) is 79.8 Å². The van der Waals surface area contributed by atoms with Crippen LogP contribution in [0.5, 0.6) is 0 Å². The van der Waals surface area contributed by atoms with Crippen molar-refractivity contribution >= 4 is 0 Å². The maximum absolute atomic E-state index is 7.50. The molecule has 4 N–H and O–H groups in total. The molecule has 176 valence electrons. The zero-order valence-electron chi connectivity index (χ0n) is 18.3. The molecular weight excluding hydrogens is 940 g/mol. The van der Waals surface area contributed by atoms with E-state index in [2.05, 4.69) is 79.8 Å². The van der Waals surface area contributed by atoms with Crippen LogP contribution in [0.1, 0.15) is 0 Å². The Morgan fingerprint density at radius 2 is 0.167 bits per heavy atom. The second-order valence-electron chi connectivity index (χ2n) is 0. The Morgan fingerprint density at radius 3 is 0.167 bits per heavy atom. The zero-order chi connectivity index (χ0) is 24.0. The Balaban J connectivity index is -0.00000000193. The van der Waals surface area contributed by atoms with Gasteiger partial charge in [-0.3, -0.25) is 0 Å². The Morgan fingerprint density at radius 1 is 0.167 bits per heavy atom. The quantitative estimate of drug-likeness (QED) is 0.130. The molecule has 0 aliphatic carbocycles. The average Bonchev–Trinajstić information content (AvgIpc) is 2.84. The van der Waals surface area contributed by atoms with Crippen molar-refractivity contribution in [3.63, 3.8) is 0 Å². The molecule has 0 amide bonds. The molecule has 36 heavy (non-hydrogen) atoms. The van der Waals surface area contributed by atoms with Gasteiger partial charge in [0, 0.05) is 84.3 Å². The monoisotopic (exact) mass is 951 g/mol. The molecule has 0 rings (SSSR count). The summed E-state index contributed by atoms with van der Waals surface area (Å²) in [5, 5.41) is 0. The number of hydrogen-bond acceptors (Lipinski definition) is 4. The third-order valence-corrected chi connectivity index (χ3v) is 0. The van der Waals surface area contributed by atoms with Crippen molar-refractivity contribution in [3.05, 3.63) is 79.8 Å². The predicted molar refractivity (Wildman–Crippen MR) is 54.9 cm³/mol. The van der Waals surface area contributed by atoms with Gasteiger partial charge in [-0.1, -0.05) is 0 Å². The first-order valence-corrected chi connectivity index (χ1v) is 2.45. The molecule has 0 aromatic carbocycles. The summed E-state index contributed by atoms with van der Waals surface area (Å²) < 4.78 is 90.0. The molecule has 0 heterocycles. The zero-order valence-corrected chi connectivity index (χ0v) is 38.8. The molecule has 0 spiro atoms. The molecule has 0 aliphatic rings. The molecule has 0 aromatic heterocycles. The third kappa shape index (κ3) is 1680. The smallest absolute Gasteiger partial charge is 0.870 e. The topological polar surface area (TPSA) is 359 Å². The van der Waals surface area contributed by atoms with E-state index in [9.17, 15) is 0 Å². The summed E-state index contributed by atoms with van der Waals surface area (Å²) in [6.07, 6.45) is 0. The van der Waals surface area contributed by atoms with Crippen molar-refractivity contribution in [1.29, 1.82) is 0 Å². The van der Waals surface area contributed by atoms with E-state index < -0.39 is 0 Å². The fourth-order valence-corrected chi connectivity index (χ4v) is 0. The van der Waals surface area contributed by atoms with Crippen molar-refractivity contribution < 1.29 is 368 Å². The second kappa shape index (κ2) is 1810. The normalized spacial score (nSPS) is 0.667.